The SMILES string of the molecule is CCC(c1nccs1)N1CCC(=O)NC(C)(C)C1=O. The van der Waals surface area contributed by atoms with Crippen LogP contribution in [0.25, 0.3) is 0 Å². The van der Waals surface area contributed by atoms with Crippen LogP contribution < -0.4 is 5.32 Å². The monoisotopic (exact) mass is 281 g/mol. The average Bonchev–Trinajstić information content (AvgIpc) is 2.83. The van der Waals surface area contributed by atoms with Gasteiger partial charge in [0.25, 0.3) is 0 Å². The summed E-state index contributed by atoms with van der Waals surface area (Å²) in [6.07, 6.45) is 2.89. The predicted molar refractivity (Wildman–Crippen MR) is 73.7 cm³/mol. The first-order valence-corrected chi connectivity index (χ1v) is 7.35. The van der Waals surface area contributed by atoms with Crippen molar-refractivity contribution < 1.29 is 9.59 Å². The van der Waals surface area contributed by atoms with Gasteiger partial charge < -0.3 is 10.2 Å². The van der Waals surface area contributed by atoms with Crippen LogP contribution in [0.5, 0.6) is 0 Å². The van der Waals surface area contributed by atoms with Crippen molar-refractivity contribution in [2.75, 3.05) is 6.54 Å². The maximum atomic E-state index is 12.6. The zero-order chi connectivity index (χ0) is 14.0. The Morgan fingerprint density at radius 3 is 2.84 bits per heavy atom. The van der Waals surface area contributed by atoms with Gasteiger partial charge in [0.05, 0.1) is 6.04 Å². The van der Waals surface area contributed by atoms with Crippen LogP contribution in [-0.2, 0) is 9.59 Å². The Bertz CT molecular complexity index is 470. The molecule has 5 nitrogen and oxygen atoms in total. The van der Waals surface area contributed by atoms with Crippen LogP contribution in [-0.4, -0.2) is 33.8 Å². The molecule has 0 spiro atoms. The maximum Gasteiger partial charge on any atom is 0.248 e. The van der Waals surface area contributed by atoms with Gasteiger partial charge in [-0.2, -0.15) is 0 Å². The first-order chi connectivity index (χ1) is 8.95. The third kappa shape index (κ3) is 2.78. The van der Waals surface area contributed by atoms with E-state index in [2.05, 4.69) is 10.3 Å². The molecule has 0 radical (unpaired) electrons. The standard InChI is InChI=1S/C13H19N3O2S/c1-4-9(11-14-6-8-19-11)16-7-5-10(17)15-13(2,3)12(16)18/h6,8-9H,4-5,7H2,1-3H3,(H,15,17). The molecule has 2 amide bonds. The van der Waals surface area contributed by atoms with Crippen LogP contribution in [0.2, 0.25) is 0 Å². The summed E-state index contributed by atoms with van der Waals surface area (Å²) in [6.45, 7) is 5.99. The number of aromatic nitrogens is 1. The van der Waals surface area contributed by atoms with E-state index in [1.807, 2.05) is 12.3 Å². The van der Waals surface area contributed by atoms with Gasteiger partial charge in [-0.3, -0.25) is 9.59 Å². The smallest absolute Gasteiger partial charge is 0.248 e. The third-order valence-electron chi connectivity index (χ3n) is 3.33. The normalized spacial score (nSPS) is 20.9. The Morgan fingerprint density at radius 1 is 1.53 bits per heavy atom. The fourth-order valence-corrected chi connectivity index (χ4v) is 3.21. The second-order valence-corrected chi connectivity index (χ2v) is 6.14. The van der Waals surface area contributed by atoms with Gasteiger partial charge >= 0.3 is 0 Å². The second kappa shape index (κ2) is 5.28. The van der Waals surface area contributed by atoms with E-state index in [4.69, 9.17) is 0 Å². The highest BCUT2D eigenvalue weighted by Gasteiger charge is 2.39. The molecule has 0 aliphatic carbocycles. The van der Waals surface area contributed by atoms with Crippen LogP contribution in [0, 0.1) is 0 Å². The molecule has 1 aromatic rings. The Balaban J connectivity index is 2.31. The van der Waals surface area contributed by atoms with Gasteiger partial charge in [-0.15, -0.1) is 11.3 Å². The summed E-state index contributed by atoms with van der Waals surface area (Å²) in [4.78, 5) is 30.4. The fraction of sp³-hybridized carbons (Fsp3) is 0.615. The van der Waals surface area contributed by atoms with E-state index >= 15 is 0 Å². The minimum Gasteiger partial charge on any atom is -0.342 e. The molecule has 0 bridgehead atoms. The lowest BCUT2D eigenvalue weighted by Gasteiger charge is -2.33. The van der Waals surface area contributed by atoms with Crippen molar-refractivity contribution in [1.29, 1.82) is 0 Å². The Kier molecular flexibility index (Phi) is 3.89. The highest BCUT2D eigenvalue weighted by atomic mass is 32.1. The van der Waals surface area contributed by atoms with Gasteiger partial charge in [0.2, 0.25) is 11.8 Å². The molecule has 1 saturated heterocycles. The van der Waals surface area contributed by atoms with Crippen molar-refractivity contribution in [2.24, 2.45) is 0 Å². The number of amides is 2. The van der Waals surface area contributed by atoms with Crippen LogP contribution in [0.3, 0.4) is 0 Å². The summed E-state index contributed by atoms with van der Waals surface area (Å²) < 4.78 is 0. The topological polar surface area (TPSA) is 62.3 Å². The number of thiazole rings is 1. The summed E-state index contributed by atoms with van der Waals surface area (Å²) in [5.41, 5.74) is -0.849. The molecule has 2 heterocycles. The second-order valence-electron chi connectivity index (χ2n) is 5.22. The summed E-state index contributed by atoms with van der Waals surface area (Å²) in [6, 6.07) is -0.0422. The highest BCUT2D eigenvalue weighted by molar-refractivity contribution is 7.09. The molecule has 104 valence electrons. The first kappa shape index (κ1) is 14.0. The van der Waals surface area contributed by atoms with E-state index in [1.165, 1.54) is 0 Å². The van der Waals surface area contributed by atoms with Crippen LogP contribution in [0.15, 0.2) is 11.6 Å². The molecule has 1 N–H and O–H groups in total. The summed E-state index contributed by atoms with van der Waals surface area (Å²) >= 11 is 1.55. The summed E-state index contributed by atoms with van der Waals surface area (Å²) in [5.74, 6) is -0.116. The lowest BCUT2D eigenvalue weighted by atomic mass is 10.0. The van der Waals surface area contributed by atoms with Crippen LogP contribution in [0.1, 0.15) is 44.7 Å². The molecule has 1 fully saturated rings. The van der Waals surface area contributed by atoms with Crippen LogP contribution in [0.4, 0.5) is 0 Å². The molecule has 1 unspecified atom stereocenters. The number of hydrogen-bond donors (Lipinski definition) is 1. The molecule has 1 atom stereocenters. The van der Waals surface area contributed by atoms with Crippen molar-refractivity contribution in [2.45, 2.75) is 45.2 Å². The molecular weight excluding hydrogens is 262 g/mol. The lowest BCUT2D eigenvalue weighted by molar-refractivity contribution is -0.139. The van der Waals surface area contributed by atoms with Crippen molar-refractivity contribution in [3.8, 4) is 0 Å². The molecule has 1 aromatic heterocycles. The largest absolute Gasteiger partial charge is 0.342 e. The lowest BCUT2D eigenvalue weighted by Crippen LogP contribution is -2.53. The van der Waals surface area contributed by atoms with Gasteiger partial charge in [0.1, 0.15) is 10.5 Å². The molecule has 2 rings (SSSR count). The van der Waals surface area contributed by atoms with E-state index in [0.717, 1.165) is 11.4 Å². The molecule has 0 aromatic carbocycles. The van der Waals surface area contributed by atoms with Gasteiger partial charge in [0.15, 0.2) is 0 Å². The van der Waals surface area contributed by atoms with Crippen molar-refractivity contribution in [3.63, 3.8) is 0 Å². The third-order valence-corrected chi connectivity index (χ3v) is 4.20. The minimum absolute atomic E-state index is 0.0413. The molecule has 6 heteroatoms. The molecule has 1 aliphatic rings. The fourth-order valence-electron chi connectivity index (χ4n) is 2.37. The van der Waals surface area contributed by atoms with E-state index < -0.39 is 5.54 Å². The van der Waals surface area contributed by atoms with Gasteiger partial charge in [0, 0.05) is 24.5 Å². The van der Waals surface area contributed by atoms with E-state index in [-0.39, 0.29) is 17.9 Å². The van der Waals surface area contributed by atoms with Crippen molar-refractivity contribution >= 4 is 23.2 Å². The van der Waals surface area contributed by atoms with Crippen LogP contribution >= 0.6 is 11.3 Å². The zero-order valence-corrected chi connectivity index (χ0v) is 12.3. The molecule has 19 heavy (non-hydrogen) atoms. The van der Waals surface area contributed by atoms with Crippen molar-refractivity contribution in [1.82, 2.24) is 15.2 Å². The maximum absolute atomic E-state index is 12.6. The van der Waals surface area contributed by atoms with Gasteiger partial charge in [-0.25, -0.2) is 4.98 Å². The molecule has 1 aliphatic heterocycles. The molecular formula is C13H19N3O2S. The number of hydrogen-bond acceptors (Lipinski definition) is 4. The number of nitrogens with zero attached hydrogens (tertiary/aromatic N) is 2. The first-order valence-electron chi connectivity index (χ1n) is 6.47. The number of carbonyl (C=O) groups is 2. The number of nitrogens with one attached hydrogen (secondary N) is 1. The predicted octanol–water partition coefficient (Wildman–Crippen LogP) is 1.72. The molecule has 0 saturated carbocycles. The van der Waals surface area contributed by atoms with Gasteiger partial charge in [-0.1, -0.05) is 6.92 Å². The summed E-state index contributed by atoms with van der Waals surface area (Å²) in [5, 5.41) is 5.62. The van der Waals surface area contributed by atoms with E-state index in [0.29, 0.717) is 13.0 Å². The van der Waals surface area contributed by atoms with Crippen molar-refractivity contribution in [3.05, 3.63) is 16.6 Å². The number of carbonyl (C=O) groups excluding carboxylic acids is 2. The Morgan fingerprint density at radius 2 is 2.26 bits per heavy atom. The summed E-state index contributed by atoms with van der Waals surface area (Å²) in [7, 11) is 0. The van der Waals surface area contributed by atoms with Gasteiger partial charge in [-0.05, 0) is 20.3 Å². The highest BCUT2D eigenvalue weighted by Crippen LogP contribution is 2.29. The minimum atomic E-state index is -0.849. The average molecular weight is 281 g/mol. The van der Waals surface area contributed by atoms with E-state index in [9.17, 15) is 9.59 Å². The Hall–Kier alpha value is -1.43. The quantitative estimate of drug-likeness (QED) is 0.917. The zero-order valence-electron chi connectivity index (χ0n) is 11.5. The number of rotatable bonds is 3. The van der Waals surface area contributed by atoms with E-state index in [1.54, 1.807) is 36.3 Å². The Labute approximate surface area is 117 Å².